The zero-order chi connectivity index (χ0) is 17.1. The molecule has 128 valence electrons. The highest BCUT2D eigenvalue weighted by Gasteiger charge is 2.36. The number of carbonyl (C=O) groups excluding carboxylic acids is 1. The Morgan fingerprint density at radius 1 is 1.32 bits per heavy atom. The molecule has 1 fully saturated rings. The molecule has 0 aromatic carbocycles. The van der Waals surface area contributed by atoms with Gasteiger partial charge in [0, 0.05) is 0 Å². The van der Waals surface area contributed by atoms with Crippen LogP contribution in [0, 0.1) is 5.21 Å². The van der Waals surface area contributed by atoms with Gasteiger partial charge in [-0.15, -0.1) is 5.01 Å². The molecule has 0 N–H and O–H groups in total. The first kappa shape index (κ1) is 18.3. The van der Waals surface area contributed by atoms with Crippen LogP contribution >= 0.6 is 0 Å². The second-order valence-electron chi connectivity index (χ2n) is 7.33. The largest absolute Gasteiger partial charge is 0.569 e. The first-order chi connectivity index (χ1) is 9.94. The van der Waals surface area contributed by atoms with Crippen LogP contribution in [0.15, 0.2) is 5.28 Å². The Labute approximate surface area is 132 Å². The number of hydrazine groups is 1. The molecule has 8 heteroatoms. The van der Waals surface area contributed by atoms with Gasteiger partial charge in [0.1, 0.15) is 5.60 Å². The van der Waals surface area contributed by atoms with Crippen LogP contribution in [0.4, 0.5) is 4.79 Å². The first-order valence-corrected chi connectivity index (χ1v) is 7.53. The van der Waals surface area contributed by atoms with Crippen LogP contribution in [-0.4, -0.2) is 57.8 Å². The van der Waals surface area contributed by atoms with E-state index in [1.54, 1.807) is 0 Å². The lowest BCUT2D eigenvalue weighted by atomic mass is 10.1. The van der Waals surface area contributed by atoms with Crippen LogP contribution < -0.4 is 0 Å². The molecule has 0 bridgehead atoms. The van der Waals surface area contributed by atoms with Crippen LogP contribution in [0.3, 0.4) is 0 Å². The van der Waals surface area contributed by atoms with Gasteiger partial charge in [0.25, 0.3) is 0 Å². The molecule has 0 aromatic rings. The molecule has 8 nitrogen and oxygen atoms in total. The van der Waals surface area contributed by atoms with E-state index in [1.807, 2.05) is 48.5 Å². The smallest absolute Gasteiger partial charge is 0.410 e. The monoisotopic (exact) mass is 316 g/mol. The van der Waals surface area contributed by atoms with E-state index in [1.165, 1.54) is 9.91 Å². The van der Waals surface area contributed by atoms with Gasteiger partial charge >= 0.3 is 6.09 Å². The number of carbonyl (C=O) groups is 1. The summed E-state index contributed by atoms with van der Waals surface area (Å²) in [6, 6.07) is 0. The number of hydrogen-bond acceptors (Lipinski definition) is 5. The minimum atomic E-state index is -0.520. The van der Waals surface area contributed by atoms with Crippen molar-refractivity contribution in [3.63, 3.8) is 0 Å². The van der Waals surface area contributed by atoms with Crippen LogP contribution in [0.2, 0.25) is 0 Å². The minimum Gasteiger partial charge on any atom is -0.569 e. The standard InChI is InChI=1S/C14H28N4O4/c1-8-17(13(2,3)4)18(20)15-22-11-9-16(10-11)12(19)21-14(5,6)7/h11H,8-10H2,1-7H3/b18-15-. The zero-order valence-corrected chi connectivity index (χ0v) is 14.6. The number of nitrogens with zero attached hydrogens (tertiary/aromatic N) is 4. The van der Waals surface area contributed by atoms with Gasteiger partial charge in [-0.3, -0.25) is 0 Å². The quantitative estimate of drug-likeness (QED) is 0.452. The molecule has 1 amide bonds. The molecule has 0 radical (unpaired) electrons. The summed E-state index contributed by atoms with van der Waals surface area (Å²) in [6.45, 7) is 14.3. The Balaban J connectivity index is 2.43. The van der Waals surface area contributed by atoms with Gasteiger partial charge in [-0.05, 0) is 48.5 Å². The van der Waals surface area contributed by atoms with Gasteiger partial charge in [0.05, 0.1) is 30.1 Å². The van der Waals surface area contributed by atoms with E-state index in [2.05, 4.69) is 5.28 Å². The normalized spacial score (nSPS) is 17.0. The van der Waals surface area contributed by atoms with E-state index in [4.69, 9.17) is 9.57 Å². The predicted octanol–water partition coefficient (Wildman–Crippen LogP) is 2.54. The average molecular weight is 316 g/mol. The van der Waals surface area contributed by atoms with Crippen LogP contribution in [-0.2, 0) is 9.57 Å². The fraction of sp³-hybridized carbons (Fsp3) is 0.929. The molecule has 1 rings (SSSR count). The average Bonchev–Trinajstić information content (AvgIpc) is 2.22. The maximum Gasteiger partial charge on any atom is 0.410 e. The molecule has 0 atom stereocenters. The van der Waals surface area contributed by atoms with E-state index in [0.717, 1.165) is 0 Å². The van der Waals surface area contributed by atoms with Crippen molar-refractivity contribution in [3.05, 3.63) is 5.21 Å². The minimum absolute atomic E-state index is 0.275. The third-order valence-corrected chi connectivity index (χ3v) is 3.05. The Hall–Kier alpha value is -1.73. The van der Waals surface area contributed by atoms with Gasteiger partial charge in [-0.1, -0.05) is 0 Å². The number of ether oxygens (including phenoxy) is 1. The lowest BCUT2D eigenvalue weighted by Gasteiger charge is -2.37. The van der Waals surface area contributed by atoms with Crippen molar-refractivity contribution in [2.24, 2.45) is 5.28 Å². The molecule has 0 unspecified atom stereocenters. The van der Waals surface area contributed by atoms with Crippen molar-refractivity contribution in [3.8, 4) is 0 Å². The second kappa shape index (κ2) is 6.58. The zero-order valence-electron chi connectivity index (χ0n) is 14.6. The number of rotatable bonds is 4. The Morgan fingerprint density at radius 2 is 1.86 bits per heavy atom. The summed E-state index contributed by atoms with van der Waals surface area (Å²) in [7, 11) is 0. The number of hydrogen-bond donors (Lipinski definition) is 0. The molecule has 0 saturated carbocycles. The maximum absolute atomic E-state index is 11.9. The van der Waals surface area contributed by atoms with Crippen LogP contribution in [0.1, 0.15) is 48.5 Å². The van der Waals surface area contributed by atoms with E-state index in [-0.39, 0.29) is 17.7 Å². The van der Waals surface area contributed by atoms with Crippen molar-refractivity contribution in [1.82, 2.24) is 9.91 Å². The topological polar surface area (TPSA) is 80.4 Å². The SMILES string of the molecule is CCN(/[N+]([O-])=N/OC1CN(C(=O)OC(C)(C)C)C1)C(C)(C)C. The lowest BCUT2D eigenvalue weighted by Crippen LogP contribution is -2.55. The Bertz CT molecular complexity index is 420. The second-order valence-corrected chi connectivity index (χ2v) is 7.33. The summed E-state index contributed by atoms with van der Waals surface area (Å²) in [5.74, 6) is 0. The number of amides is 1. The number of likely N-dealkylation sites (tertiary alicyclic amines) is 1. The molecule has 0 spiro atoms. The summed E-state index contributed by atoms with van der Waals surface area (Å²) >= 11 is 0. The highest BCUT2D eigenvalue weighted by atomic mass is 16.7. The first-order valence-electron chi connectivity index (χ1n) is 7.53. The molecular formula is C14H28N4O4. The van der Waals surface area contributed by atoms with Gasteiger partial charge in [0.2, 0.25) is 5.28 Å². The van der Waals surface area contributed by atoms with Crippen molar-refractivity contribution in [2.75, 3.05) is 19.6 Å². The molecule has 1 aliphatic heterocycles. The van der Waals surface area contributed by atoms with E-state index >= 15 is 0 Å². The fourth-order valence-corrected chi connectivity index (χ4v) is 1.98. The fourth-order valence-electron chi connectivity index (χ4n) is 1.98. The van der Waals surface area contributed by atoms with Crippen molar-refractivity contribution in [2.45, 2.75) is 65.7 Å². The van der Waals surface area contributed by atoms with Gasteiger partial charge in [-0.2, -0.15) is 0 Å². The molecular weight excluding hydrogens is 288 g/mol. The van der Waals surface area contributed by atoms with Crippen molar-refractivity contribution >= 4 is 6.09 Å². The highest BCUT2D eigenvalue weighted by molar-refractivity contribution is 5.69. The molecule has 1 heterocycles. The summed E-state index contributed by atoms with van der Waals surface area (Å²) in [4.78, 5) is 18.9. The molecule has 0 aliphatic carbocycles. The molecule has 1 aliphatic rings. The summed E-state index contributed by atoms with van der Waals surface area (Å²) < 4.78 is 5.24. The molecule has 22 heavy (non-hydrogen) atoms. The van der Waals surface area contributed by atoms with Gasteiger partial charge < -0.3 is 19.7 Å². The molecule has 1 saturated heterocycles. The maximum atomic E-state index is 11.9. The van der Waals surface area contributed by atoms with Gasteiger partial charge in [-0.25, -0.2) is 4.79 Å². The predicted molar refractivity (Wildman–Crippen MR) is 80.9 cm³/mol. The summed E-state index contributed by atoms with van der Waals surface area (Å²) in [5, 5.41) is 17.0. The Kier molecular flexibility index (Phi) is 5.48. The van der Waals surface area contributed by atoms with Crippen molar-refractivity contribution < 1.29 is 19.3 Å². The van der Waals surface area contributed by atoms with Crippen LogP contribution in [0.25, 0.3) is 0 Å². The third kappa shape index (κ3) is 5.23. The van der Waals surface area contributed by atoms with E-state index in [0.29, 0.717) is 24.6 Å². The van der Waals surface area contributed by atoms with Crippen LogP contribution in [0.5, 0.6) is 0 Å². The van der Waals surface area contributed by atoms with Gasteiger partial charge in [0.15, 0.2) is 6.10 Å². The van der Waals surface area contributed by atoms with E-state index < -0.39 is 5.60 Å². The Morgan fingerprint density at radius 3 is 2.27 bits per heavy atom. The lowest BCUT2D eigenvalue weighted by molar-refractivity contribution is -0.726. The van der Waals surface area contributed by atoms with E-state index in [9.17, 15) is 10.0 Å². The highest BCUT2D eigenvalue weighted by Crippen LogP contribution is 2.18. The third-order valence-electron chi connectivity index (χ3n) is 3.05. The van der Waals surface area contributed by atoms with Crippen molar-refractivity contribution in [1.29, 1.82) is 0 Å². The molecule has 0 aromatic heterocycles. The summed E-state index contributed by atoms with van der Waals surface area (Å²) in [5.41, 5.74) is -0.862. The summed E-state index contributed by atoms with van der Waals surface area (Å²) in [6.07, 6.45) is -0.654.